The summed E-state index contributed by atoms with van der Waals surface area (Å²) in [6.07, 6.45) is 3.40. The molecule has 0 bridgehead atoms. The molecule has 0 radical (unpaired) electrons. The number of ether oxygens (including phenoxy) is 1. The number of benzene rings is 3. The molecule has 1 heterocycles. The molecule has 4 aromatic rings. The van der Waals surface area contributed by atoms with E-state index >= 15 is 0 Å². The molecule has 0 unspecified atom stereocenters. The van der Waals surface area contributed by atoms with Crippen molar-refractivity contribution in [3.8, 4) is 16.9 Å². The van der Waals surface area contributed by atoms with Crippen molar-refractivity contribution in [2.75, 3.05) is 6.61 Å². The molecule has 0 fully saturated rings. The maximum atomic E-state index is 13.9. The van der Waals surface area contributed by atoms with Gasteiger partial charge in [0.05, 0.1) is 12.1 Å². The third-order valence-corrected chi connectivity index (χ3v) is 7.55. The van der Waals surface area contributed by atoms with E-state index in [1.54, 1.807) is 12.1 Å². The summed E-state index contributed by atoms with van der Waals surface area (Å²) in [5, 5.41) is 10.1. The highest BCUT2D eigenvalue weighted by atomic mass is 19.2. The number of aryl methyl sites for hydroxylation is 2. The zero-order chi connectivity index (χ0) is 31.1. The molecule has 0 aliphatic carbocycles. The van der Waals surface area contributed by atoms with Crippen LogP contribution < -0.4 is 4.74 Å². The molecular weight excluding hydrogens is 569 g/mol. The van der Waals surface area contributed by atoms with E-state index in [2.05, 4.69) is 4.57 Å². The van der Waals surface area contributed by atoms with Crippen LogP contribution in [-0.4, -0.2) is 28.5 Å². The first-order chi connectivity index (χ1) is 20.6. The van der Waals surface area contributed by atoms with Crippen molar-refractivity contribution in [2.45, 2.75) is 64.8 Å². The Morgan fingerprint density at radius 2 is 1.49 bits per heavy atom. The van der Waals surface area contributed by atoms with E-state index in [0.29, 0.717) is 44.4 Å². The normalized spacial score (nSPS) is 11.3. The molecule has 0 saturated heterocycles. The lowest BCUT2D eigenvalue weighted by molar-refractivity contribution is -0.137. The maximum absolute atomic E-state index is 13.9. The van der Waals surface area contributed by atoms with Gasteiger partial charge < -0.3 is 19.2 Å². The zero-order valence-electron chi connectivity index (χ0n) is 23.7. The smallest absolute Gasteiger partial charge is 0.303 e. The minimum Gasteiger partial charge on any atom is -0.494 e. The lowest BCUT2D eigenvalue weighted by atomic mass is 9.99. The molecule has 1 N–H and O–H groups in total. The first kappa shape index (κ1) is 31.7. The first-order valence-electron chi connectivity index (χ1n) is 14.1. The highest BCUT2D eigenvalue weighted by molar-refractivity contribution is 5.97. The number of rotatable bonds is 15. The molecule has 0 aliphatic heterocycles. The fourth-order valence-electron chi connectivity index (χ4n) is 5.37. The van der Waals surface area contributed by atoms with Gasteiger partial charge in [0.25, 0.3) is 0 Å². The fraction of sp³-hybridized carbons (Fsp3) is 0.333. The number of nitrogens with zero attached hydrogens (tertiary/aromatic N) is 1. The predicted molar refractivity (Wildman–Crippen MR) is 153 cm³/mol. The highest BCUT2D eigenvalue weighted by Gasteiger charge is 2.25. The number of aldehydes is 1. The van der Waals surface area contributed by atoms with Crippen LogP contribution in [0.3, 0.4) is 0 Å². The van der Waals surface area contributed by atoms with Gasteiger partial charge in [-0.3, -0.25) is 4.79 Å². The van der Waals surface area contributed by atoms with E-state index in [1.807, 2.05) is 37.3 Å². The molecule has 1 aromatic heterocycles. The Morgan fingerprint density at radius 3 is 2.14 bits per heavy atom. The van der Waals surface area contributed by atoms with Crippen LogP contribution in [0, 0.1) is 36.0 Å². The van der Waals surface area contributed by atoms with E-state index in [1.165, 1.54) is 0 Å². The third kappa shape index (κ3) is 7.06. The minimum absolute atomic E-state index is 0.0789. The molecule has 0 saturated carbocycles. The highest BCUT2D eigenvalue weighted by Crippen LogP contribution is 2.36. The largest absolute Gasteiger partial charge is 0.494 e. The molecule has 0 atom stereocenters. The van der Waals surface area contributed by atoms with Crippen LogP contribution in [0.15, 0.2) is 42.5 Å². The van der Waals surface area contributed by atoms with Gasteiger partial charge in [-0.05, 0) is 68.7 Å². The van der Waals surface area contributed by atoms with Crippen LogP contribution in [0.4, 0.5) is 22.0 Å². The summed E-state index contributed by atoms with van der Waals surface area (Å²) in [6, 6.07) is 13.4. The van der Waals surface area contributed by atoms with E-state index in [-0.39, 0.29) is 25.9 Å². The van der Waals surface area contributed by atoms with E-state index < -0.39 is 40.6 Å². The molecule has 228 valence electrons. The Balaban J connectivity index is 1.47. The minimum atomic E-state index is -2.17. The Hall–Kier alpha value is -4.21. The van der Waals surface area contributed by atoms with Crippen molar-refractivity contribution in [3.05, 3.63) is 88.4 Å². The lowest BCUT2D eigenvalue weighted by Gasteiger charge is -2.12. The van der Waals surface area contributed by atoms with Crippen molar-refractivity contribution in [3.63, 3.8) is 0 Å². The Bertz CT molecular complexity index is 1590. The molecule has 3 aromatic carbocycles. The molecular formula is C33H32F5NO4. The molecule has 0 amide bonds. The second-order valence-electron chi connectivity index (χ2n) is 10.4. The van der Waals surface area contributed by atoms with Crippen LogP contribution in [0.5, 0.6) is 5.75 Å². The number of aromatic nitrogens is 1. The molecule has 10 heteroatoms. The molecule has 4 rings (SSSR count). The quantitative estimate of drug-likeness (QED) is 0.0492. The number of carboxylic acid groups (broad SMARTS) is 1. The van der Waals surface area contributed by atoms with Gasteiger partial charge in [0.1, 0.15) is 12.0 Å². The number of carboxylic acids is 1. The average Bonchev–Trinajstić information content (AvgIpc) is 3.27. The molecule has 0 spiro atoms. The molecule has 5 nitrogen and oxygen atoms in total. The van der Waals surface area contributed by atoms with E-state index in [0.717, 1.165) is 39.6 Å². The number of halogens is 5. The zero-order valence-corrected chi connectivity index (χ0v) is 23.7. The van der Waals surface area contributed by atoms with E-state index in [9.17, 15) is 31.5 Å². The standard InChI is InChI=1S/C33H32F5NO4/c1-20-23(9-7-12-27(41)42)25-11-6-10-24(33(25)39(20)17-3-4-18-40)21-13-15-22(16-14-21)43-19-5-2-8-26-28(34)30(36)32(38)31(37)29(26)35/h6,10-11,13-16,18H,2-5,7-9,12,17,19H2,1H3,(H,41,42). The molecule has 43 heavy (non-hydrogen) atoms. The van der Waals surface area contributed by atoms with Gasteiger partial charge in [-0.1, -0.05) is 30.3 Å². The number of hydrogen-bond donors (Lipinski definition) is 1. The van der Waals surface area contributed by atoms with Gasteiger partial charge in [-0.25, -0.2) is 22.0 Å². The van der Waals surface area contributed by atoms with Crippen molar-refractivity contribution < 1.29 is 41.4 Å². The average molecular weight is 602 g/mol. The van der Waals surface area contributed by atoms with Crippen molar-refractivity contribution in [1.29, 1.82) is 0 Å². The van der Waals surface area contributed by atoms with E-state index in [4.69, 9.17) is 9.84 Å². The monoisotopic (exact) mass is 601 g/mol. The Morgan fingerprint density at radius 1 is 0.837 bits per heavy atom. The predicted octanol–water partition coefficient (Wildman–Crippen LogP) is 8.10. The van der Waals surface area contributed by atoms with Gasteiger partial charge in [0.2, 0.25) is 5.82 Å². The summed E-state index contributed by atoms with van der Waals surface area (Å²) < 4.78 is 75.7. The van der Waals surface area contributed by atoms with Crippen molar-refractivity contribution in [1.82, 2.24) is 4.57 Å². The van der Waals surface area contributed by atoms with Crippen molar-refractivity contribution in [2.24, 2.45) is 0 Å². The van der Waals surface area contributed by atoms with Crippen LogP contribution in [-0.2, 0) is 29.0 Å². The number of carbonyl (C=O) groups is 2. The van der Waals surface area contributed by atoms with Crippen molar-refractivity contribution >= 4 is 23.2 Å². The lowest BCUT2D eigenvalue weighted by Crippen LogP contribution is -2.08. The summed E-state index contributed by atoms with van der Waals surface area (Å²) in [7, 11) is 0. The Labute approximate surface area is 245 Å². The van der Waals surface area contributed by atoms with Crippen LogP contribution in [0.25, 0.3) is 22.0 Å². The summed E-state index contributed by atoms with van der Waals surface area (Å²) in [6.45, 7) is 2.84. The Kier molecular flexibility index (Phi) is 10.6. The fourth-order valence-corrected chi connectivity index (χ4v) is 5.37. The van der Waals surface area contributed by atoms with Gasteiger partial charge in [-0.15, -0.1) is 0 Å². The number of para-hydroxylation sites is 1. The number of aliphatic carboxylic acids is 1. The summed E-state index contributed by atoms with van der Waals surface area (Å²) in [4.78, 5) is 22.1. The first-order valence-corrected chi connectivity index (χ1v) is 14.1. The van der Waals surface area contributed by atoms with Crippen LogP contribution in [0.1, 0.15) is 55.3 Å². The van der Waals surface area contributed by atoms with Crippen LogP contribution in [0.2, 0.25) is 0 Å². The number of carbonyl (C=O) groups excluding carboxylic acids is 1. The third-order valence-electron chi connectivity index (χ3n) is 7.55. The molecule has 0 aliphatic rings. The summed E-state index contributed by atoms with van der Waals surface area (Å²) in [5.74, 6) is -9.95. The number of unbranched alkanes of at least 4 members (excludes halogenated alkanes) is 2. The van der Waals surface area contributed by atoms with Gasteiger partial charge >= 0.3 is 5.97 Å². The van der Waals surface area contributed by atoms with Gasteiger partial charge in [0.15, 0.2) is 23.3 Å². The topological polar surface area (TPSA) is 68.5 Å². The number of hydrogen-bond acceptors (Lipinski definition) is 3. The van der Waals surface area contributed by atoms with Gasteiger partial charge in [-0.2, -0.15) is 0 Å². The second kappa shape index (κ2) is 14.3. The van der Waals surface area contributed by atoms with Crippen LogP contribution >= 0.6 is 0 Å². The maximum Gasteiger partial charge on any atom is 0.303 e. The SMILES string of the molecule is Cc1c(CCCC(=O)O)c2cccc(-c3ccc(OCCCCc4c(F)c(F)c(F)c(F)c4F)cc3)c2n1CCCC=O. The second-order valence-corrected chi connectivity index (χ2v) is 10.4. The summed E-state index contributed by atoms with van der Waals surface area (Å²) in [5.41, 5.74) is 4.23. The van der Waals surface area contributed by atoms with Gasteiger partial charge in [0, 0.05) is 41.6 Å². The summed E-state index contributed by atoms with van der Waals surface area (Å²) >= 11 is 0. The number of fused-ring (bicyclic) bond motifs is 1.